The Morgan fingerprint density at radius 2 is 1.79 bits per heavy atom. The molecule has 1 aliphatic heterocycles. The molecule has 1 heterocycles. The van der Waals surface area contributed by atoms with Gasteiger partial charge >= 0.3 is 6.03 Å². The second-order valence-electron chi connectivity index (χ2n) is 7.18. The van der Waals surface area contributed by atoms with Crippen molar-refractivity contribution in [2.75, 3.05) is 6.54 Å². The lowest BCUT2D eigenvalue weighted by molar-refractivity contribution is -0.128. The third-order valence-electron chi connectivity index (χ3n) is 5.52. The van der Waals surface area contributed by atoms with E-state index in [1.54, 1.807) is 17.0 Å². The van der Waals surface area contributed by atoms with Gasteiger partial charge in [0, 0.05) is 12.1 Å². The van der Waals surface area contributed by atoms with Crippen molar-refractivity contribution >= 4 is 11.9 Å². The highest BCUT2D eigenvalue weighted by molar-refractivity contribution is 6.02. The largest absolute Gasteiger partial charge is 0.385 e. The molecule has 0 unspecified atom stereocenters. The Balaban J connectivity index is 1.46. The summed E-state index contributed by atoms with van der Waals surface area (Å²) in [6.45, 7) is 0.189. The number of amides is 3. The molecule has 0 bridgehead atoms. The van der Waals surface area contributed by atoms with Crippen molar-refractivity contribution in [3.8, 4) is 0 Å². The van der Waals surface area contributed by atoms with E-state index < -0.39 is 5.60 Å². The van der Waals surface area contributed by atoms with Gasteiger partial charge in [-0.15, -0.1) is 0 Å². The summed E-state index contributed by atoms with van der Waals surface area (Å²) in [4.78, 5) is 27.8. The summed E-state index contributed by atoms with van der Waals surface area (Å²) < 4.78 is 13.4. The Hall–Kier alpha value is -1.95. The lowest BCUT2D eigenvalue weighted by Crippen LogP contribution is -2.46. The Morgan fingerprint density at radius 1 is 1.08 bits per heavy atom. The Morgan fingerprint density at radius 3 is 2.42 bits per heavy atom. The monoisotopic (exact) mass is 332 g/mol. The zero-order valence-electron chi connectivity index (χ0n) is 13.4. The SMILES string of the molecule is O=C1CN(C2CC2)C(=O)N1C1CCC(O)(c2cccc(F)c2)CC1. The molecule has 3 fully saturated rings. The van der Waals surface area contributed by atoms with E-state index in [1.807, 2.05) is 0 Å². The Kier molecular flexibility index (Phi) is 3.60. The molecule has 6 heteroatoms. The first kappa shape index (κ1) is 15.6. The molecule has 1 N–H and O–H groups in total. The molecule has 5 nitrogen and oxygen atoms in total. The van der Waals surface area contributed by atoms with E-state index in [1.165, 1.54) is 17.0 Å². The normalized spacial score (nSPS) is 31.0. The van der Waals surface area contributed by atoms with Gasteiger partial charge in [0.15, 0.2) is 0 Å². The van der Waals surface area contributed by atoms with E-state index in [-0.39, 0.29) is 36.4 Å². The molecule has 2 aliphatic carbocycles. The number of benzene rings is 1. The average molecular weight is 332 g/mol. The molecule has 3 amide bonds. The highest BCUT2D eigenvalue weighted by Gasteiger charge is 2.48. The minimum Gasteiger partial charge on any atom is -0.385 e. The van der Waals surface area contributed by atoms with Gasteiger partial charge in [0.2, 0.25) is 0 Å². The van der Waals surface area contributed by atoms with Crippen LogP contribution in [0.15, 0.2) is 24.3 Å². The van der Waals surface area contributed by atoms with Gasteiger partial charge in [-0.1, -0.05) is 12.1 Å². The van der Waals surface area contributed by atoms with E-state index in [2.05, 4.69) is 0 Å². The summed E-state index contributed by atoms with van der Waals surface area (Å²) in [5.41, 5.74) is -0.514. The molecule has 0 atom stereocenters. The van der Waals surface area contributed by atoms with Crippen molar-refractivity contribution in [3.05, 3.63) is 35.6 Å². The maximum absolute atomic E-state index is 13.4. The summed E-state index contributed by atoms with van der Waals surface area (Å²) >= 11 is 0. The molecule has 1 saturated heterocycles. The molecule has 128 valence electrons. The number of halogens is 1. The molecule has 0 spiro atoms. The minimum absolute atomic E-state index is 0.131. The highest BCUT2D eigenvalue weighted by Crippen LogP contribution is 2.40. The molecular weight excluding hydrogens is 311 g/mol. The third kappa shape index (κ3) is 2.59. The first-order chi connectivity index (χ1) is 11.5. The molecule has 2 saturated carbocycles. The third-order valence-corrected chi connectivity index (χ3v) is 5.52. The quantitative estimate of drug-likeness (QED) is 0.865. The minimum atomic E-state index is -1.08. The van der Waals surface area contributed by atoms with Gasteiger partial charge in [-0.2, -0.15) is 0 Å². The van der Waals surface area contributed by atoms with Crippen LogP contribution in [0.3, 0.4) is 0 Å². The number of carbonyl (C=O) groups excluding carboxylic acids is 2. The van der Waals surface area contributed by atoms with E-state index in [9.17, 15) is 19.1 Å². The van der Waals surface area contributed by atoms with Crippen LogP contribution in [0.5, 0.6) is 0 Å². The number of nitrogens with zero attached hydrogens (tertiary/aromatic N) is 2. The molecule has 4 rings (SSSR count). The van der Waals surface area contributed by atoms with Crippen LogP contribution in [0.4, 0.5) is 9.18 Å². The molecule has 1 aromatic rings. The van der Waals surface area contributed by atoms with E-state index in [0.29, 0.717) is 31.2 Å². The van der Waals surface area contributed by atoms with Crippen LogP contribution >= 0.6 is 0 Å². The first-order valence-corrected chi connectivity index (χ1v) is 8.59. The van der Waals surface area contributed by atoms with E-state index in [0.717, 1.165) is 12.8 Å². The van der Waals surface area contributed by atoms with Crippen molar-refractivity contribution in [1.29, 1.82) is 0 Å². The average Bonchev–Trinajstić information content (AvgIpc) is 3.35. The number of hydrogen-bond acceptors (Lipinski definition) is 3. The summed E-state index contributed by atoms with van der Waals surface area (Å²) in [5, 5.41) is 10.8. The fourth-order valence-corrected chi connectivity index (χ4v) is 3.97. The second-order valence-corrected chi connectivity index (χ2v) is 7.18. The van der Waals surface area contributed by atoms with Crippen molar-refractivity contribution in [2.24, 2.45) is 0 Å². The fourth-order valence-electron chi connectivity index (χ4n) is 3.97. The van der Waals surface area contributed by atoms with Crippen LogP contribution in [0.1, 0.15) is 44.1 Å². The number of aliphatic hydroxyl groups is 1. The predicted molar refractivity (Wildman–Crippen MR) is 84.5 cm³/mol. The first-order valence-electron chi connectivity index (χ1n) is 8.59. The number of carbonyl (C=O) groups is 2. The van der Waals surface area contributed by atoms with Crippen LogP contribution in [-0.4, -0.2) is 45.5 Å². The van der Waals surface area contributed by atoms with Crippen molar-refractivity contribution in [3.63, 3.8) is 0 Å². The summed E-state index contributed by atoms with van der Waals surface area (Å²) in [5.74, 6) is -0.499. The van der Waals surface area contributed by atoms with Crippen LogP contribution in [0.2, 0.25) is 0 Å². The zero-order chi connectivity index (χ0) is 16.9. The molecule has 3 aliphatic rings. The van der Waals surface area contributed by atoms with Crippen molar-refractivity contribution < 1.29 is 19.1 Å². The lowest BCUT2D eigenvalue weighted by atomic mass is 9.77. The Bertz CT molecular complexity index is 681. The van der Waals surface area contributed by atoms with Gasteiger partial charge in [-0.05, 0) is 56.2 Å². The lowest BCUT2D eigenvalue weighted by Gasteiger charge is -2.39. The summed E-state index contributed by atoms with van der Waals surface area (Å²) in [6.07, 6.45) is 3.89. The molecule has 1 aromatic carbocycles. The van der Waals surface area contributed by atoms with Crippen LogP contribution in [0.25, 0.3) is 0 Å². The van der Waals surface area contributed by atoms with Gasteiger partial charge < -0.3 is 10.0 Å². The van der Waals surface area contributed by atoms with Crippen LogP contribution in [0, 0.1) is 5.82 Å². The van der Waals surface area contributed by atoms with E-state index in [4.69, 9.17) is 0 Å². The smallest absolute Gasteiger partial charge is 0.327 e. The fraction of sp³-hybridized carbons (Fsp3) is 0.556. The predicted octanol–water partition coefficient (Wildman–Crippen LogP) is 2.38. The number of hydrogen-bond donors (Lipinski definition) is 1. The highest BCUT2D eigenvalue weighted by atomic mass is 19.1. The van der Waals surface area contributed by atoms with Crippen molar-refractivity contribution in [2.45, 2.75) is 56.2 Å². The van der Waals surface area contributed by atoms with Gasteiger partial charge in [0.05, 0.1) is 5.60 Å². The molecule has 24 heavy (non-hydrogen) atoms. The number of imide groups is 1. The second kappa shape index (κ2) is 5.55. The molecular formula is C18H21FN2O3. The number of urea groups is 1. The van der Waals surface area contributed by atoms with Crippen molar-refractivity contribution in [1.82, 2.24) is 9.80 Å². The maximum atomic E-state index is 13.4. The summed E-state index contributed by atoms with van der Waals surface area (Å²) in [6, 6.07) is 5.93. The van der Waals surface area contributed by atoms with Gasteiger partial charge in [-0.3, -0.25) is 9.69 Å². The van der Waals surface area contributed by atoms with Gasteiger partial charge in [0.1, 0.15) is 12.4 Å². The molecule has 0 radical (unpaired) electrons. The van der Waals surface area contributed by atoms with Crippen LogP contribution < -0.4 is 0 Å². The van der Waals surface area contributed by atoms with Gasteiger partial charge in [-0.25, -0.2) is 9.18 Å². The summed E-state index contributed by atoms with van der Waals surface area (Å²) in [7, 11) is 0. The number of rotatable bonds is 3. The topological polar surface area (TPSA) is 60.9 Å². The zero-order valence-corrected chi connectivity index (χ0v) is 13.4. The Labute approximate surface area is 140 Å². The van der Waals surface area contributed by atoms with E-state index >= 15 is 0 Å². The molecule has 0 aromatic heterocycles. The standard InChI is InChI=1S/C18H21FN2O3/c19-13-3-1-2-12(10-13)18(24)8-6-15(7-9-18)21-16(22)11-20(17(21)23)14-4-5-14/h1-3,10,14-15,24H,4-9,11H2. The van der Waals surface area contributed by atoms with Gasteiger partial charge in [0.25, 0.3) is 5.91 Å². The maximum Gasteiger partial charge on any atom is 0.327 e. The van der Waals surface area contributed by atoms with Crippen LogP contribution in [-0.2, 0) is 10.4 Å².